The second kappa shape index (κ2) is 4.03. The molecule has 2 atom stereocenters. The van der Waals surface area contributed by atoms with Gasteiger partial charge in [-0.15, -0.1) is 0 Å². The molecule has 4 N–H and O–H groups in total. The van der Waals surface area contributed by atoms with E-state index in [4.69, 9.17) is 11.5 Å². The van der Waals surface area contributed by atoms with Gasteiger partial charge in [0.1, 0.15) is 0 Å². The number of hydrogen-bond donors (Lipinski definition) is 2. The van der Waals surface area contributed by atoms with E-state index in [0.29, 0.717) is 6.42 Å². The van der Waals surface area contributed by atoms with Gasteiger partial charge in [-0.05, 0) is 23.6 Å². The van der Waals surface area contributed by atoms with E-state index in [0.717, 1.165) is 11.1 Å². The van der Waals surface area contributed by atoms with Crippen molar-refractivity contribution in [1.82, 2.24) is 0 Å². The minimum absolute atomic E-state index is 0.0677. The third-order valence-corrected chi connectivity index (χ3v) is 2.73. The van der Waals surface area contributed by atoms with Gasteiger partial charge in [-0.25, -0.2) is 0 Å². The van der Waals surface area contributed by atoms with Crippen molar-refractivity contribution in [3.05, 3.63) is 45.5 Å². The molecule has 1 unspecified atom stereocenters. The number of nitrogens with two attached hydrogens (primary N) is 2. The highest BCUT2D eigenvalue weighted by molar-refractivity contribution is 5.59. The van der Waals surface area contributed by atoms with Crippen molar-refractivity contribution in [2.75, 3.05) is 0 Å². The van der Waals surface area contributed by atoms with Gasteiger partial charge < -0.3 is 11.5 Å². The maximum absolute atomic E-state index is 10.7. The van der Waals surface area contributed by atoms with Crippen LogP contribution in [0, 0.1) is 10.1 Å². The molecule has 0 aliphatic heterocycles. The number of hydrogen-bond acceptors (Lipinski definition) is 4. The van der Waals surface area contributed by atoms with E-state index < -0.39 is 4.92 Å². The standard InChI is InChI=1S/C11H13N3O2/c12-8-3-1-7-2-4-9(14(15)16)6-10(7)11(13)5-8/h1-4,6,8,11H,5,12-13H2/t8-,11?/m1/s1. The normalized spacial score (nSPS) is 23.6. The lowest BCUT2D eigenvalue weighted by molar-refractivity contribution is -0.384. The van der Waals surface area contributed by atoms with Gasteiger partial charge in [-0.2, -0.15) is 0 Å². The summed E-state index contributed by atoms with van der Waals surface area (Å²) in [5, 5.41) is 10.7. The fraction of sp³-hybridized carbons (Fsp3) is 0.273. The van der Waals surface area contributed by atoms with Gasteiger partial charge in [0.15, 0.2) is 0 Å². The molecule has 1 aliphatic rings. The average Bonchev–Trinajstić information content (AvgIpc) is 2.38. The van der Waals surface area contributed by atoms with E-state index in [1.807, 2.05) is 12.2 Å². The second-order valence-corrected chi connectivity index (χ2v) is 3.94. The van der Waals surface area contributed by atoms with Crippen LogP contribution in [-0.2, 0) is 0 Å². The molecule has 1 aromatic carbocycles. The van der Waals surface area contributed by atoms with E-state index in [-0.39, 0.29) is 17.8 Å². The van der Waals surface area contributed by atoms with Crippen molar-refractivity contribution in [3.8, 4) is 0 Å². The van der Waals surface area contributed by atoms with Crippen molar-refractivity contribution in [2.45, 2.75) is 18.5 Å². The van der Waals surface area contributed by atoms with Crippen LogP contribution in [-0.4, -0.2) is 11.0 Å². The molecule has 84 valence electrons. The van der Waals surface area contributed by atoms with Crippen LogP contribution in [0.4, 0.5) is 5.69 Å². The number of nitrogens with zero attached hydrogens (tertiary/aromatic N) is 1. The molecule has 0 radical (unpaired) electrons. The lowest BCUT2D eigenvalue weighted by atomic mass is 9.99. The first-order valence-corrected chi connectivity index (χ1v) is 5.05. The second-order valence-electron chi connectivity index (χ2n) is 3.94. The lowest BCUT2D eigenvalue weighted by Gasteiger charge is -2.13. The summed E-state index contributed by atoms with van der Waals surface area (Å²) in [7, 11) is 0. The van der Waals surface area contributed by atoms with Crippen molar-refractivity contribution in [1.29, 1.82) is 0 Å². The van der Waals surface area contributed by atoms with Crippen LogP contribution in [0.5, 0.6) is 0 Å². The quantitative estimate of drug-likeness (QED) is 0.550. The first kappa shape index (κ1) is 10.8. The topological polar surface area (TPSA) is 95.2 Å². The Morgan fingerprint density at radius 1 is 1.38 bits per heavy atom. The summed E-state index contributed by atoms with van der Waals surface area (Å²) in [6.45, 7) is 0. The van der Waals surface area contributed by atoms with Crippen LogP contribution in [0.3, 0.4) is 0 Å². The summed E-state index contributed by atoms with van der Waals surface area (Å²) >= 11 is 0. The Labute approximate surface area is 92.9 Å². The molecule has 1 aromatic rings. The molecule has 0 aromatic heterocycles. The van der Waals surface area contributed by atoms with E-state index in [1.54, 1.807) is 6.07 Å². The van der Waals surface area contributed by atoms with Gasteiger partial charge in [-0.3, -0.25) is 10.1 Å². The molecule has 0 heterocycles. The zero-order chi connectivity index (χ0) is 11.7. The van der Waals surface area contributed by atoms with Crippen molar-refractivity contribution < 1.29 is 4.92 Å². The highest BCUT2D eigenvalue weighted by Crippen LogP contribution is 2.28. The number of fused-ring (bicyclic) bond motifs is 1. The minimum Gasteiger partial charge on any atom is -0.324 e. The highest BCUT2D eigenvalue weighted by atomic mass is 16.6. The minimum atomic E-state index is -0.415. The van der Waals surface area contributed by atoms with Crippen molar-refractivity contribution in [3.63, 3.8) is 0 Å². The molecule has 0 fully saturated rings. The summed E-state index contributed by atoms with van der Waals surface area (Å²) in [5.41, 5.74) is 13.5. The SMILES string of the molecule is NC1C[C@H](N)C=Cc2ccc([N+](=O)[O-])cc21. The fourth-order valence-corrected chi connectivity index (χ4v) is 1.87. The first-order chi connectivity index (χ1) is 7.58. The number of benzene rings is 1. The average molecular weight is 219 g/mol. The number of nitro benzene ring substituents is 1. The molecule has 1 aliphatic carbocycles. The molecular formula is C11H13N3O2. The van der Waals surface area contributed by atoms with E-state index in [1.165, 1.54) is 12.1 Å². The van der Waals surface area contributed by atoms with E-state index >= 15 is 0 Å². The third-order valence-electron chi connectivity index (χ3n) is 2.73. The Kier molecular flexibility index (Phi) is 2.72. The molecule has 0 spiro atoms. The molecular weight excluding hydrogens is 206 g/mol. The first-order valence-electron chi connectivity index (χ1n) is 5.05. The number of rotatable bonds is 1. The number of nitro groups is 1. The summed E-state index contributed by atoms with van der Waals surface area (Å²) in [6, 6.07) is 4.37. The largest absolute Gasteiger partial charge is 0.324 e. The van der Waals surface area contributed by atoms with E-state index in [9.17, 15) is 10.1 Å². The summed E-state index contributed by atoms with van der Waals surface area (Å²) in [6.07, 6.45) is 4.35. The van der Waals surface area contributed by atoms with Crippen LogP contribution >= 0.6 is 0 Å². The third kappa shape index (κ3) is 1.95. The lowest BCUT2D eigenvalue weighted by Crippen LogP contribution is -2.23. The van der Waals surface area contributed by atoms with Crippen LogP contribution in [0.1, 0.15) is 23.6 Å². The maximum atomic E-state index is 10.7. The highest BCUT2D eigenvalue weighted by Gasteiger charge is 2.19. The molecule has 0 saturated heterocycles. The smallest absolute Gasteiger partial charge is 0.269 e. The van der Waals surface area contributed by atoms with Gasteiger partial charge in [0.2, 0.25) is 0 Å². The summed E-state index contributed by atoms with van der Waals surface area (Å²) in [4.78, 5) is 10.3. The van der Waals surface area contributed by atoms with Gasteiger partial charge in [0.05, 0.1) is 4.92 Å². The Morgan fingerprint density at radius 3 is 2.81 bits per heavy atom. The molecule has 5 nitrogen and oxygen atoms in total. The van der Waals surface area contributed by atoms with Crippen LogP contribution in [0.25, 0.3) is 6.08 Å². The Morgan fingerprint density at radius 2 is 2.12 bits per heavy atom. The van der Waals surface area contributed by atoms with Gasteiger partial charge in [0, 0.05) is 24.2 Å². The molecule has 0 saturated carbocycles. The zero-order valence-electron chi connectivity index (χ0n) is 8.67. The predicted molar refractivity (Wildman–Crippen MR) is 61.7 cm³/mol. The fourth-order valence-electron chi connectivity index (χ4n) is 1.87. The monoisotopic (exact) mass is 219 g/mol. The zero-order valence-corrected chi connectivity index (χ0v) is 8.67. The molecule has 2 rings (SSSR count). The van der Waals surface area contributed by atoms with Gasteiger partial charge in [0.25, 0.3) is 5.69 Å². The van der Waals surface area contributed by atoms with Crippen LogP contribution < -0.4 is 11.5 Å². The van der Waals surface area contributed by atoms with Crippen molar-refractivity contribution in [2.24, 2.45) is 11.5 Å². The van der Waals surface area contributed by atoms with Crippen LogP contribution in [0.2, 0.25) is 0 Å². The molecule has 0 bridgehead atoms. The predicted octanol–water partition coefficient (Wildman–Crippen LogP) is 1.34. The van der Waals surface area contributed by atoms with Gasteiger partial charge in [-0.1, -0.05) is 12.2 Å². The Hall–Kier alpha value is -1.72. The Balaban J connectivity index is 2.48. The Bertz CT molecular complexity index is 457. The van der Waals surface area contributed by atoms with E-state index in [2.05, 4.69) is 0 Å². The maximum Gasteiger partial charge on any atom is 0.269 e. The molecule has 5 heteroatoms. The van der Waals surface area contributed by atoms with Crippen LogP contribution in [0.15, 0.2) is 24.3 Å². The summed E-state index contributed by atoms with van der Waals surface area (Å²) < 4.78 is 0. The molecule has 0 amide bonds. The molecule has 16 heavy (non-hydrogen) atoms. The summed E-state index contributed by atoms with van der Waals surface area (Å²) in [5.74, 6) is 0. The van der Waals surface area contributed by atoms with Gasteiger partial charge >= 0.3 is 0 Å². The number of non-ortho nitro benzene ring substituents is 1. The van der Waals surface area contributed by atoms with Crippen molar-refractivity contribution >= 4 is 11.8 Å².